The van der Waals surface area contributed by atoms with Gasteiger partial charge in [-0.3, -0.25) is 0 Å². The Morgan fingerprint density at radius 1 is 1.09 bits per heavy atom. The van der Waals surface area contributed by atoms with Crippen LogP contribution in [0.25, 0.3) is 0 Å². The van der Waals surface area contributed by atoms with E-state index in [0.29, 0.717) is 11.3 Å². The van der Waals surface area contributed by atoms with E-state index in [0.717, 1.165) is 24.0 Å². The molecule has 1 unspecified atom stereocenters. The molecular weight excluding hydrogens is 306 g/mol. The van der Waals surface area contributed by atoms with Gasteiger partial charge in [0, 0.05) is 6.04 Å². The Labute approximate surface area is 139 Å². The first kappa shape index (κ1) is 17.4. The second-order valence-corrected chi connectivity index (χ2v) is 7.40. The first-order valence-corrected chi connectivity index (χ1v) is 9.23. The smallest absolute Gasteiger partial charge is 0.208 e. The maximum absolute atomic E-state index is 12.6. The first-order valence-electron chi connectivity index (χ1n) is 7.75. The van der Waals surface area contributed by atoms with Crippen molar-refractivity contribution in [1.82, 2.24) is 4.72 Å². The van der Waals surface area contributed by atoms with Gasteiger partial charge in [-0.25, -0.2) is 13.1 Å². The summed E-state index contributed by atoms with van der Waals surface area (Å²) in [6, 6.07) is 16.7. The lowest BCUT2D eigenvalue weighted by atomic mass is 10.0. The van der Waals surface area contributed by atoms with Gasteiger partial charge in [0.05, 0.1) is 4.90 Å². The van der Waals surface area contributed by atoms with Gasteiger partial charge < -0.3 is 0 Å². The van der Waals surface area contributed by atoms with Gasteiger partial charge in [0.1, 0.15) is 0 Å². The number of hydrogen-bond donors (Lipinski definition) is 1. The predicted molar refractivity (Wildman–Crippen MR) is 94.9 cm³/mol. The topological polar surface area (TPSA) is 46.2 Å². The zero-order valence-corrected chi connectivity index (χ0v) is 14.2. The number of benzene rings is 2. The van der Waals surface area contributed by atoms with Gasteiger partial charge in [-0.15, -0.1) is 6.58 Å². The molecule has 0 aliphatic carbocycles. The predicted octanol–water partition coefficient (Wildman–Crippen LogP) is 3.85. The van der Waals surface area contributed by atoms with Crippen LogP contribution in [0.4, 0.5) is 0 Å². The Balaban J connectivity index is 2.15. The third kappa shape index (κ3) is 5.34. The number of aryl methyl sites for hydroxylation is 1. The van der Waals surface area contributed by atoms with Crippen molar-refractivity contribution in [2.75, 3.05) is 0 Å². The molecule has 3 nitrogen and oxygen atoms in total. The van der Waals surface area contributed by atoms with Gasteiger partial charge in [0.2, 0.25) is 10.0 Å². The van der Waals surface area contributed by atoms with Gasteiger partial charge in [-0.2, -0.15) is 0 Å². The Bertz CT molecular complexity index is 722. The van der Waals surface area contributed by atoms with Crippen molar-refractivity contribution >= 4 is 10.0 Å². The molecule has 0 aliphatic heterocycles. The Morgan fingerprint density at radius 2 is 1.74 bits per heavy atom. The fraction of sp³-hybridized carbons (Fsp3) is 0.263. The molecule has 0 heterocycles. The normalized spacial score (nSPS) is 12.7. The molecule has 0 fully saturated rings. The summed E-state index contributed by atoms with van der Waals surface area (Å²) in [7, 11) is -3.51. The highest BCUT2D eigenvalue weighted by Crippen LogP contribution is 2.14. The fourth-order valence-electron chi connectivity index (χ4n) is 2.43. The zero-order chi connectivity index (χ0) is 16.7. The summed E-state index contributed by atoms with van der Waals surface area (Å²) in [6.07, 6.45) is 3.98. The monoisotopic (exact) mass is 329 g/mol. The van der Waals surface area contributed by atoms with Gasteiger partial charge in [0.25, 0.3) is 0 Å². The lowest BCUT2D eigenvalue weighted by molar-refractivity contribution is 0.527. The molecule has 2 aromatic carbocycles. The average Bonchev–Trinajstić information content (AvgIpc) is 2.54. The molecule has 0 saturated carbocycles. The number of rotatable bonds is 8. The molecule has 23 heavy (non-hydrogen) atoms. The van der Waals surface area contributed by atoms with Crippen molar-refractivity contribution in [1.29, 1.82) is 0 Å². The summed E-state index contributed by atoms with van der Waals surface area (Å²) in [4.78, 5) is 0.305. The van der Waals surface area contributed by atoms with E-state index in [4.69, 9.17) is 0 Å². The van der Waals surface area contributed by atoms with Crippen LogP contribution >= 0.6 is 0 Å². The molecule has 122 valence electrons. The maximum atomic E-state index is 12.6. The van der Waals surface area contributed by atoms with Crippen molar-refractivity contribution in [3.63, 3.8) is 0 Å². The summed E-state index contributed by atoms with van der Waals surface area (Å²) in [6.45, 7) is 5.66. The van der Waals surface area contributed by atoms with Crippen LogP contribution in [0.2, 0.25) is 0 Å². The van der Waals surface area contributed by atoms with E-state index < -0.39 is 10.0 Å². The lowest BCUT2D eigenvalue weighted by Gasteiger charge is -2.18. The van der Waals surface area contributed by atoms with Crippen molar-refractivity contribution in [2.45, 2.75) is 37.1 Å². The number of nitrogens with one attached hydrogen (secondary N) is 1. The van der Waals surface area contributed by atoms with Crippen LogP contribution < -0.4 is 4.72 Å². The molecule has 0 spiro atoms. The average molecular weight is 329 g/mol. The Morgan fingerprint density at radius 3 is 2.35 bits per heavy atom. The quantitative estimate of drug-likeness (QED) is 0.748. The van der Waals surface area contributed by atoms with Crippen LogP contribution in [0.3, 0.4) is 0 Å². The van der Waals surface area contributed by atoms with E-state index in [2.05, 4.69) is 11.3 Å². The van der Waals surface area contributed by atoms with E-state index in [9.17, 15) is 8.42 Å². The SMILES string of the molecule is C=CCCC(Cc1ccccc1)NS(=O)(=O)c1ccc(C)cc1. The largest absolute Gasteiger partial charge is 0.240 e. The molecule has 0 aromatic heterocycles. The molecule has 0 saturated heterocycles. The minimum Gasteiger partial charge on any atom is -0.208 e. The third-order valence-electron chi connectivity index (χ3n) is 3.70. The van der Waals surface area contributed by atoms with E-state index in [-0.39, 0.29) is 6.04 Å². The molecule has 4 heteroatoms. The van der Waals surface area contributed by atoms with E-state index in [1.165, 1.54) is 0 Å². The number of sulfonamides is 1. The first-order chi connectivity index (χ1) is 11.0. The molecule has 1 atom stereocenters. The van der Waals surface area contributed by atoms with Crippen LogP contribution in [0, 0.1) is 6.92 Å². The van der Waals surface area contributed by atoms with E-state index in [1.54, 1.807) is 12.1 Å². The van der Waals surface area contributed by atoms with Gasteiger partial charge in [0.15, 0.2) is 0 Å². The highest BCUT2D eigenvalue weighted by atomic mass is 32.2. The lowest BCUT2D eigenvalue weighted by Crippen LogP contribution is -2.36. The summed E-state index contributed by atoms with van der Waals surface area (Å²) >= 11 is 0. The van der Waals surface area contributed by atoms with Crippen LogP contribution in [0.15, 0.2) is 72.1 Å². The summed E-state index contributed by atoms with van der Waals surface area (Å²) in [5, 5.41) is 0. The van der Waals surface area contributed by atoms with Crippen molar-refractivity contribution < 1.29 is 8.42 Å². The molecule has 2 aromatic rings. The fourth-order valence-corrected chi connectivity index (χ4v) is 3.70. The van der Waals surface area contributed by atoms with Crippen molar-refractivity contribution in [3.8, 4) is 0 Å². The molecule has 0 radical (unpaired) electrons. The molecule has 2 rings (SSSR count). The minimum atomic E-state index is -3.51. The number of hydrogen-bond acceptors (Lipinski definition) is 2. The molecule has 0 amide bonds. The molecule has 0 bridgehead atoms. The van der Waals surface area contributed by atoms with Gasteiger partial charge >= 0.3 is 0 Å². The molecule has 1 N–H and O–H groups in total. The summed E-state index contributed by atoms with van der Waals surface area (Å²) < 4.78 is 28.0. The maximum Gasteiger partial charge on any atom is 0.240 e. The third-order valence-corrected chi connectivity index (χ3v) is 5.23. The van der Waals surface area contributed by atoms with Crippen LogP contribution in [-0.4, -0.2) is 14.5 Å². The highest BCUT2D eigenvalue weighted by Gasteiger charge is 2.19. The van der Waals surface area contributed by atoms with Crippen molar-refractivity contribution in [2.24, 2.45) is 0 Å². The van der Waals surface area contributed by atoms with Gasteiger partial charge in [-0.1, -0.05) is 54.1 Å². The second kappa shape index (κ2) is 8.09. The Hall–Kier alpha value is -1.91. The Kier molecular flexibility index (Phi) is 6.13. The van der Waals surface area contributed by atoms with Crippen LogP contribution in [0.1, 0.15) is 24.0 Å². The summed E-state index contributed by atoms with van der Waals surface area (Å²) in [5.41, 5.74) is 2.16. The van der Waals surface area contributed by atoms with E-state index in [1.807, 2.05) is 55.5 Å². The van der Waals surface area contributed by atoms with Crippen LogP contribution in [0.5, 0.6) is 0 Å². The summed E-state index contributed by atoms with van der Waals surface area (Å²) in [5.74, 6) is 0. The van der Waals surface area contributed by atoms with Gasteiger partial charge in [-0.05, 0) is 43.9 Å². The van der Waals surface area contributed by atoms with E-state index >= 15 is 0 Å². The number of allylic oxidation sites excluding steroid dienone is 1. The molecular formula is C19H23NO2S. The standard InChI is InChI=1S/C19H23NO2S/c1-3-4-10-18(15-17-8-6-5-7-9-17)20-23(21,22)19-13-11-16(2)12-14-19/h3,5-9,11-14,18,20H,1,4,10,15H2,2H3. The highest BCUT2D eigenvalue weighted by molar-refractivity contribution is 7.89. The molecule has 0 aliphatic rings. The second-order valence-electron chi connectivity index (χ2n) is 5.69. The van der Waals surface area contributed by atoms with Crippen molar-refractivity contribution in [3.05, 3.63) is 78.4 Å². The van der Waals surface area contributed by atoms with Crippen LogP contribution in [-0.2, 0) is 16.4 Å². The minimum absolute atomic E-state index is 0.151. The zero-order valence-electron chi connectivity index (χ0n) is 13.4.